The highest BCUT2D eigenvalue weighted by Gasteiger charge is 2.29. The molecule has 7 heteroatoms. The number of halogens is 1. The van der Waals surface area contributed by atoms with Gasteiger partial charge in [0.05, 0.1) is 6.54 Å². The van der Waals surface area contributed by atoms with Crippen LogP contribution in [0.4, 0.5) is 0 Å². The predicted octanol–water partition coefficient (Wildman–Crippen LogP) is 3.54. The molecule has 31 heavy (non-hydrogen) atoms. The van der Waals surface area contributed by atoms with Crippen LogP contribution in [0.1, 0.15) is 17.7 Å². The van der Waals surface area contributed by atoms with Crippen molar-refractivity contribution in [2.75, 3.05) is 26.7 Å². The molecule has 1 unspecified atom stereocenters. The minimum absolute atomic E-state index is 0. The Balaban J connectivity index is 0.00000272. The fourth-order valence-electron chi connectivity index (χ4n) is 3.98. The molecule has 1 fully saturated rings. The first-order chi connectivity index (χ1) is 14.7. The molecule has 2 aromatic carbocycles. The Hall–Kier alpha value is -2.55. The number of rotatable bonds is 7. The topological polar surface area (TPSA) is 72.5 Å². The lowest BCUT2D eigenvalue weighted by Crippen LogP contribution is -2.40. The second kappa shape index (κ2) is 11.2. The first-order valence-electron chi connectivity index (χ1n) is 10.5. The maximum Gasteiger partial charge on any atom is 0.223 e. The number of hydrogen-bond acceptors (Lipinski definition) is 2. The number of para-hydroxylation sites is 1. The first-order valence-corrected chi connectivity index (χ1v) is 10.5. The van der Waals surface area contributed by atoms with Gasteiger partial charge in [-0.15, -0.1) is 24.0 Å². The lowest BCUT2D eigenvalue weighted by atomic mass is 10.1. The molecule has 1 aliphatic heterocycles. The Labute approximate surface area is 200 Å². The number of aromatic nitrogens is 1. The van der Waals surface area contributed by atoms with Crippen LogP contribution in [0.5, 0.6) is 0 Å². The lowest BCUT2D eigenvalue weighted by molar-refractivity contribution is -0.127. The molecule has 1 saturated heterocycles. The number of benzene rings is 2. The van der Waals surface area contributed by atoms with Gasteiger partial charge in [-0.1, -0.05) is 48.5 Å². The van der Waals surface area contributed by atoms with Crippen LogP contribution in [-0.2, 0) is 17.8 Å². The van der Waals surface area contributed by atoms with Gasteiger partial charge in [-0.05, 0) is 29.5 Å². The van der Waals surface area contributed by atoms with Crippen molar-refractivity contribution in [2.45, 2.75) is 19.4 Å². The molecule has 1 amide bonds. The minimum Gasteiger partial charge on any atom is -0.357 e. The van der Waals surface area contributed by atoms with Crippen LogP contribution < -0.4 is 10.6 Å². The molecule has 4 rings (SSSR count). The SMILES string of the molecule is CN=C(NCc1cc2ccccc2[nH]1)NCC1CC(=O)N(CCc2ccccc2)C1.I. The van der Waals surface area contributed by atoms with Crippen molar-refractivity contribution in [1.82, 2.24) is 20.5 Å². The van der Waals surface area contributed by atoms with E-state index >= 15 is 0 Å². The van der Waals surface area contributed by atoms with Crippen LogP contribution in [-0.4, -0.2) is 48.4 Å². The summed E-state index contributed by atoms with van der Waals surface area (Å²) in [4.78, 5) is 22.1. The number of nitrogens with one attached hydrogen (secondary N) is 3. The number of hydrogen-bond donors (Lipinski definition) is 3. The van der Waals surface area contributed by atoms with E-state index in [0.29, 0.717) is 18.9 Å². The van der Waals surface area contributed by atoms with E-state index in [-0.39, 0.29) is 29.9 Å². The normalized spacial score (nSPS) is 16.4. The molecular formula is C24H30IN5O. The third-order valence-electron chi connectivity index (χ3n) is 5.62. The van der Waals surface area contributed by atoms with E-state index in [9.17, 15) is 4.79 Å². The van der Waals surface area contributed by atoms with Gasteiger partial charge in [-0.3, -0.25) is 9.79 Å². The summed E-state index contributed by atoms with van der Waals surface area (Å²) in [7, 11) is 1.77. The molecule has 0 radical (unpaired) electrons. The molecule has 0 saturated carbocycles. The Morgan fingerprint density at radius 2 is 1.90 bits per heavy atom. The summed E-state index contributed by atoms with van der Waals surface area (Å²) in [6.07, 6.45) is 1.50. The summed E-state index contributed by atoms with van der Waals surface area (Å²) >= 11 is 0. The van der Waals surface area contributed by atoms with Gasteiger partial charge < -0.3 is 20.5 Å². The molecule has 2 heterocycles. The first kappa shape index (κ1) is 23.1. The third-order valence-corrected chi connectivity index (χ3v) is 5.62. The van der Waals surface area contributed by atoms with Gasteiger partial charge in [0.1, 0.15) is 0 Å². The number of carbonyl (C=O) groups is 1. The second-order valence-corrected chi connectivity index (χ2v) is 7.83. The van der Waals surface area contributed by atoms with Gasteiger partial charge in [0.2, 0.25) is 5.91 Å². The van der Waals surface area contributed by atoms with Crippen molar-refractivity contribution in [2.24, 2.45) is 10.9 Å². The monoisotopic (exact) mass is 531 g/mol. The highest BCUT2D eigenvalue weighted by molar-refractivity contribution is 14.0. The maximum atomic E-state index is 12.4. The minimum atomic E-state index is 0. The Bertz CT molecular complexity index is 984. The molecule has 6 nitrogen and oxygen atoms in total. The smallest absolute Gasteiger partial charge is 0.223 e. The predicted molar refractivity (Wildman–Crippen MR) is 137 cm³/mol. The van der Waals surface area contributed by atoms with Crippen molar-refractivity contribution in [3.63, 3.8) is 0 Å². The quantitative estimate of drug-likeness (QED) is 0.248. The zero-order valence-corrected chi connectivity index (χ0v) is 20.1. The summed E-state index contributed by atoms with van der Waals surface area (Å²) in [5.74, 6) is 1.31. The van der Waals surface area contributed by atoms with Crippen LogP contribution in [0.3, 0.4) is 0 Å². The Morgan fingerprint density at radius 3 is 2.68 bits per heavy atom. The lowest BCUT2D eigenvalue weighted by Gasteiger charge is -2.18. The number of amides is 1. The van der Waals surface area contributed by atoms with Gasteiger partial charge >= 0.3 is 0 Å². The van der Waals surface area contributed by atoms with E-state index in [2.05, 4.69) is 50.9 Å². The molecule has 0 bridgehead atoms. The van der Waals surface area contributed by atoms with Crippen LogP contribution in [0.2, 0.25) is 0 Å². The molecule has 1 atom stereocenters. The average molecular weight is 531 g/mol. The number of likely N-dealkylation sites (tertiary alicyclic amines) is 1. The van der Waals surface area contributed by atoms with E-state index < -0.39 is 0 Å². The number of H-pyrrole nitrogens is 1. The standard InChI is InChI=1S/C24H29N5O.HI/c1-25-24(27-16-21-14-20-9-5-6-10-22(20)28-21)26-15-19-13-23(30)29(17-19)12-11-18-7-3-2-4-8-18;/h2-10,14,19,28H,11-13,15-17H2,1H3,(H2,25,26,27);1H. The number of fused-ring (bicyclic) bond motifs is 1. The third kappa shape index (κ3) is 6.22. The van der Waals surface area contributed by atoms with Crippen LogP contribution in [0.25, 0.3) is 10.9 Å². The average Bonchev–Trinajstić information content (AvgIpc) is 3.35. The summed E-state index contributed by atoms with van der Waals surface area (Å²) < 4.78 is 0. The van der Waals surface area contributed by atoms with Crippen LogP contribution in [0.15, 0.2) is 65.7 Å². The zero-order valence-electron chi connectivity index (χ0n) is 17.8. The van der Waals surface area contributed by atoms with Crippen LogP contribution >= 0.6 is 24.0 Å². The molecular weight excluding hydrogens is 501 g/mol. The Kier molecular flexibility index (Phi) is 8.34. The fourth-order valence-corrected chi connectivity index (χ4v) is 3.98. The highest BCUT2D eigenvalue weighted by atomic mass is 127. The maximum absolute atomic E-state index is 12.4. The summed E-state index contributed by atoms with van der Waals surface area (Å²) in [5, 5.41) is 7.93. The van der Waals surface area contributed by atoms with Gasteiger partial charge in [-0.2, -0.15) is 0 Å². The van der Waals surface area contributed by atoms with E-state index in [1.807, 2.05) is 35.2 Å². The molecule has 3 aromatic rings. The number of aromatic amines is 1. The van der Waals surface area contributed by atoms with Crippen molar-refractivity contribution in [3.8, 4) is 0 Å². The molecule has 1 aromatic heterocycles. The van der Waals surface area contributed by atoms with Crippen molar-refractivity contribution >= 4 is 46.7 Å². The van der Waals surface area contributed by atoms with Gasteiger partial charge in [0.25, 0.3) is 0 Å². The van der Waals surface area contributed by atoms with Gasteiger partial charge in [0, 0.05) is 50.2 Å². The zero-order chi connectivity index (χ0) is 20.8. The van der Waals surface area contributed by atoms with Crippen molar-refractivity contribution < 1.29 is 4.79 Å². The summed E-state index contributed by atoms with van der Waals surface area (Å²) in [6.45, 7) is 2.99. The summed E-state index contributed by atoms with van der Waals surface area (Å²) in [6, 6.07) is 20.7. The summed E-state index contributed by atoms with van der Waals surface area (Å²) in [5.41, 5.74) is 3.52. The number of aliphatic imine (C=N–C) groups is 1. The van der Waals surface area contributed by atoms with Gasteiger partial charge in [0.15, 0.2) is 5.96 Å². The van der Waals surface area contributed by atoms with Crippen LogP contribution in [0, 0.1) is 5.92 Å². The molecule has 3 N–H and O–H groups in total. The number of guanidine groups is 1. The van der Waals surface area contributed by atoms with Gasteiger partial charge in [-0.25, -0.2) is 0 Å². The molecule has 0 spiro atoms. The van der Waals surface area contributed by atoms with E-state index in [1.54, 1.807) is 7.05 Å². The number of carbonyl (C=O) groups excluding carboxylic acids is 1. The highest BCUT2D eigenvalue weighted by Crippen LogP contribution is 2.18. The Morgan fingerprint density at radius 1 is 1.13 bits per heavy atom. The largest absolute Gasteiger partial charge is 0.357 e. The van der Waals surface area contributed by atoms with Crippen molar-refractivity contribution in [3.05, 3.63) is 71.9 Å². The number of nitrogens with zero attached hydrogens (tertiary/aromatic N) is 2. The van der Waals surface area contributed by atoms with E-state index in [1.165, 1.54) is 10.9 Å². The van der Waals surface area contributed by atoms with Crippen molar-refractivity contribution in [1.29, 1.82) is 0 Å². The molecule has 164 valence electrons. The van der Waals surface area contributed by atoms with E-state index in [0.717, 1.165) is 43.2 Å². The second-order valence-electron chi connectivity index (χ2n) is 7.83. The van der Waals surface area contributed by atoms with E-state index in [4.69, 9.17) is 0 Å². The molecule has 0 aliphatic carbocycles. The fraction of sp³-hybridized carbons (Fsp3) is 0.333. The molecule has 1 aliphatic rings.